The van der Waals surface area contributed by atoms with Gasteiger partial charge < -0.3 is 0 Å². The Labute approximate surface area is 160 Å². The molecule has 2 atom stereocenters. The molecule has 0 aromatic heterocycles. The van der Waals surface area contributed by atoms with Gasteiger partial charge in [-0.1, -0.05) is 104 Å². The first-order valence-electron chi connectivity index (χ1n) is 10.9. The summed E-state index contributed by atoms with van der Waals surface area (Å²) in [5, 5.41) is 0. The minimum Gasteiger partial charge on any atom is -0.268 e. The highest BCUT2D eigenvalue weighted by atomic mass is 32.2. The van der Waals surface area contributed by atoms with Crippen LogP contribution in [0, 0.1) is 0 Å². The van der Waals surface area contributed by atoms with E-state index in [-0.39, 0.29) is 6.10 Å². The van der Waals surface area contributed by atoms with Crippen molar-refractivity contribution in [2.75, 3.05) is 6.61 Å². The molecular weight excluding hydrogens is 332 g/mol. The highest BCUT2D eigenvalue weighted by Crippen LogP contribution is 2.13. The van der Waals surface area contributed by atoms with Gasteiger partial charge in [-0.05, 0) is 19.8 Å². The summed E-state index contributed by atoms with van der Waals surface area (Å²) in [4.78, 5) is 0. The highest BCUT2D eigenvalue weighted by Gasteiger charge is 2.07. The summed E-state index contributed by atoms with van der Waals surface area (Å²) in [5.74, 6) is 0. The molecule has 0 amide bonds. The summed E-state index contributed by atoms with van der Waals surface area (Å²) < 4.78 is 22.0. The van der Waals surface area contributed by atoms with Crippen molar-refractivity contribution < 1.29 is 12.6 Å². The summed E-state index contributed by atoms with van der Waals surface area (Å²) in [6.07, 6.45) is 20.8. The predicted molar refractivity (Wildman–Crippen MR) is 110 cm³/mol. The zero-order valence-electron chi connectivity index (χ0n) is 17.2. The van der Waals surface area contributed by atoms with Crippen molar-refractivity contribution in [1.82, 2.24) is 0 Å². The smallest absolute Gasteiger partial charge is 0.268 e. The number of unbranched alkanes of at least 4 members (excludes halogenated alkanes) is 13. The molecule has 0 saturated heterocycles. The van der Waals surface area contributed by atoms with Crippen LogP contribution in [0.2, 0.25) is 0 Å². The van der Waals surface area contributed by atoms with Crippen LogP contribution < -0.4 is 0 Å². The van der Waals surface area contributed by atoms with Gasteiger partial charge in [-0.25, -0.2) is 0 Å². The average molecular weight is 377 g/mol. The Hall–Kier alpha value is 0.0700. The molecule has 0 saturated carbocycles. The molecule has 152 valence electrons. The topological polar surface area (TPSA) is 35.5 Å². The minimum atomic E-state index is -1.57. The first kappa shape index (κ1) is 25.1. The van der Waals surface area contributed by atoms with Gasteiger partial charge in [0.1, 0.15) is 0 Å². The van der Waals surface area contributed by atoms with Crippen molar-refractivity contribution >= 4 is 11.4 Å². The summed E-state index contributed by atoms with van der Waals surface area (Å²) >= 11 is -1.57. The molecule has 0 aromatic carbocycles. The number of hydrogen-bond acceptors (Lipinski definition) is 3. The van der Waals surface area contributed by atoms with E-state index >= 15 is 0 Å². The SMILES string of the molecule is CCCCCCCCCCCCCCCCOS(=O)OC(C)CCC. The van der Waals surface area contributed by atoms with E-state index in [1.54, 1.807) is 0 Å². The molecule has 4 heteroatoms. The van der Waals surface area contributed by atoms with Crippen molar-refractivity contribution in [3.8, 4) is 0 Å². The van der Waals surface area contributed by atoms with E-state index in [2.05, 4.69) is 13.8 Å². The van der Waals surface area contributed by atoms with Crippen LogP contribution in [0.4, 0.5) is 0 Å². The Morgan fingerprint density at radius 1 is 0.680 bits per heavy atom. The van der Waals surface area contributed by atoms with E-state index in [1.807, 2.05) is 6.92 Å². The van der Waals surface area contributed by atoms with Crippen molar-refractivity contribution in [3.05, 3.63) is 0 Å². The standard InChI is InChI=1S/C21H44O3S/c1-4-6-7-8-9-10-11-12-13-14-15-16-17-18-20-23-25(22)24-21(3)19-5-2/h21H,4-20H2,1-3H3. The number of hydrogen-bond donors (Lipinski definition) is 0. The van der Waals surface area contributed by atoms with Crippen LogP contribution >= 0.6 is 0 Å². The molecular formula is C21H44O3S. The summed E-state index contributed by atoms with van der Waals surface area (Å²) in [6.45, 7) is 6.86. The predicted octanol–water partition coefficient (Wildman–Crippen LogP) is 7.27. The van der Waals surface area contributed by atoms with Crippen LogP contribution in [-0.2, 0) is 19.7 Å². The largest absolute Gasteiger partial charge is 0.304 e. The van der Waals surface area contributed by atoms with Crippen LogP contribution in [-0.4, -0.2) is 16.9 Å². The van der Waals surface area contributed by atoms with E-state index in [0.717, 1.165) is 19.3 Å². The van der Waals surface area contributed by atoms with E-state index in [4.69, 9.17) is 8.37 Å². The van der Waals surface area contributed by atoms with Gasteiger partial charge >= 0.3 is 11.4 Å². The molecule has 0 N–H and O–H groups in total. The van der Waals surface area contributed by atoms with E-state index in [0.29, 0.717) is 6.61 Å². The average Bonchev–Trinajstić information content (AvgIpc) is 2.58. The van der Waals surface area contributed by atoms with Gasteiger partial charge in [-0.2, -0.15) is 4.21 Å². The fourth-order valence-corrected chi connectivity index (χ4v) is 3.71. The van der Waals surface area contributed by atoms with Crippen molar-refractivity contribution in [1.29, 1.82) is 0 Å². The van der Waals surface area contributed by atoms with E-state index in [1.165, 1.54) is 83.5 Å². The van der Waals surface area contributed by atoms with Gasteiger partial charge in [0.15, 0.2) is 0 Å². The Balaban J connectivity index is 3.15. The van der Waals surface area contributed by atoms with Gasteiger partial charge in [-0.3, -0.25) is 8.37 Å². The van der Waals surface area contributed by atoms with Gasteiger partial charge in [0.25, 0.3) is 0 Å². The first-order chi connectivity index (χ1) is 12.2. The van der Waals surface area contributed by atoms with E-state index < -0.39 is 11.4 Å². The molecule has 0 aliphatic rings. The fourth-order valence-electron chi connectivity index (χ4n) is 3.04. The molecule has 0 radical (unpaired) electrons. The van der Waals surface area contributed by atoms with Gasteiger partial charge in [0.2, 0.25) is 0 Å². The molecule has 0 aliphatic carbocycles. The quantitative estimate of drug-likeness (QED) is 0.210. The normalized spacial score (nSPS) is 13.9. The Morgan fingerprint density at radius 2 is 1.12 bits per heavy atom. The van der Waals surface area contributed by atoms with Gasteiger partial charge in [-0.15, -0.1) is 0 Å². The molecule has 3 nitrogen and oxygen atoms in total. The maximum atomic E-state index is 11.5. The van der Waals surface area contributed by atoms with Crippen LogP contribution in [0.3, 0.4) is 0 Å². The summed E-state index contributed by atoms with van der Waals surface area (Å²) in [5.41, 5.74) is 0. The lowest BCUT2D eigenvalue weighted by Gasteiger charge is -2.10. The molecule has 0 spiro atoms. The lowest BCUT2D eigenvalue weighted by atomic mass is 10.0. The Kier molecular flexibility index (Phi) is 20.4. The third-order valence-electron chi connectivity index (χ3n) is 4.62. The molecule has 2 unspecified atom stereocenters. The van der Waals surface area contributed by atoms with Crippen LogP contribution in [0.5, 0.6) is 0 Å². The zero-order valence-corrected chi connectivity index (χ0v) is 18.0. The number of rotatable bonds is 20. The second-order valence-electron chi connectivity index (χ2n) is 7.32. The maximum Gasteiger partial charge on any atom is 0.304 e. The maximum absolute atomic E-state index is 11.5. The minimum absolute atomic E-state index is 0.0159. The van der Waals surface area contributed by atoms with Crippen LogP contribution in [0.25, 0.3) is 0 Å². The molecule has 0 aromatic rings. The highest BCUT2D eigenvalue weighted by molar-refractivity contribution is 7.75. The zero-order chi connectivity index (χ0) is 18.6. The van der Waals surface area contributed by atoms with Crippen molar-refractivity contribution in [2.45, 2.75) is 130 Å². The van der Waals surface area contributed by atoms with E-state index in [9.17, 15) is 4.21 Å². The molecule has 0 rings (SSSR count). The molecule has 0 heterocycles. The van der Waals surface area contributed by atoms with Gasteiger partial charge in [0.05, 0.1) is 12.7 Å². The summed E-state index contributed by atoms with van der Waals surface area (Å²) in [6, 6.07) is 0. The van der Waals surface area contributed by atoms with Crippen molar-refractivity contribution in [2.24, 2.45) is 0 Å². The first-order valence-corrected chi connectivity index (χ1v) is 11.9. The Morgan fingerprint density at radius 3 is 1.56 bits per heavy atom. The lowest BCUT2D eigenvalue weighted by molar-refractivity contribution is 0.185. The second kappa shape index (κ2) is 20.4. The van der Waals surface area contributed by atoms with Crippen LogP contribution in [0.15, 0.2) is 0 Å². The molecule has 0 bridgehead atoms. The second-order valence-corrected chi connectivity index (χ2v) is 8.15. The van der Waals surface area contributed by atoms with Crippen LogP contribution in [0.1, 0.15) is 124 Å². The molecule has 0 fully saturated rings. The monoisotopic (exact) mass is 376 g/mol. The summed E-state index contributed by atoms with van der Waals surface area (Å²) in [7, 11) is 0. The third-order valence-corrected chi connectivity index (χ3v) is 5.46. The van der Waals surface area contributed by atoms with Gasteiger partial charge in [0, 0.05) is 0 Å². The molecule has 0 aliphatic heterocycles. The third kappa shape index (κ3) is 20.2. The van der Waals surface area contributed by atoms with Crippen molar-refractivity contribution in [3.63, 3.8) is 0 Å². The lowest BCUT2D eigenvalue weighted by Crippen LogP contribution is -2.12. The Bertz CT molecular complexity index is 284. The fraction of sp³-hybridized carbons (Fsp3) is 1.00. The molecule has 25 heavy (non-hydrogen) atoms.